The molecule has 6 rings (SSSR count). The van der Waals surface area contributed by atoms with Crippen LogP contribution in [0.25, 0.3) is 48.6 Å². The SMILES string of the molecule is COc1cc(/C=C/c2cc(/C=C/c3ccc(OCC=C(C)C)c(OC)c3)no2)ccc1O.COc1cc(/C=C/c2cc(/C=C/c3ccc(OCC=C(C)C)c(OC)c3)on2)ccc1O. The van der Waals surface area contributed by atoms with Gasteiger partial charge in [-0.1, -0.05) is 70.0 Å². The van der Waals surface area contributed by atoms with Crippen molar-refractivity contribution in [2.45, 2.75) is 27.7 Å². The molecule has 12 nitrogen and oxygen atoms in total. The maximum Gasteiger partial charge on any atom is 0.161 e. The van der Waals surface area contributed by atoms with Gasteiger partial charge in [0.05, 0.1) is 28.4 Å². The summed E-state index contributed by atoms with van der Waals surface area (Å²) in [5, 5.41) is 27.5. The van der Waals surface area contributed by atoms with Crippen LogP contribution in [0.1, 0.15) is 72.9 Å². The third kappa shape index (κ3) is 14.7. The summed E-state index contributed by atoms with van der Waals surface area (Å²) in [5.74, 6) is 4.98. The summed E-state index contributed by atoms with van der Waals surface area (Å²) in [6.45, 7) is 9.13. The second-order valence-electron chi connectivity index (χ2n) is 14.5. The van der Waals surface area contributed by atoms with Crippen LogP contribution in [0.15, 0.2) is 117 Å². The van der Waals surface area contributed by atoms with E-state index in [-0.39, 0.29) is 11.5 Å². The minimum atomic E-state index is 0.0980. The number of rotatable bonds is 18. The van der Waals surface area contributed by atoms with Crippen molar-refractivity contribution in [3.63, 3.8) is 0 Å². The molecule has 6 aromatic rings. The zero-order chi connectivity index (χ0) is 45.8. The van der Waals surface area contributed by atoms with E-state index in [1.807, 2.05) is 131 Å². The van der Waals surface area contributed by atoms with Crippen LogP contribution in [0.4, 0.5) is 0 Å². The van der Waals surface area contributed by atoms with E-state index in [1.54, 1.807) is 56.7 Å². The Morgan fingerprint density at radius 1 is 0.438 bits per heavy atom. The lowest BCUT2D eigenvalue weighted by atomic mass is 10.1. The van der Waals surface area contributed by atoms with Crippen LogP contribution in [0.5, 0.6) is 46.0 Å². The fourth-order valence-corrected chi connectivity index (χ4v) is 5.65. The molecule has 0 amide bonds. The zero-order valence-electron chi connectivity index (χ0n) is 37.3. The first kappa shape index (κ1) is 47.2. The highest BCUT2D eigenvalue weighted by Crippen LogP contribution is 2.31. The molecule has 0 aliphatic heterocycles. The number of allylic oxidation sites excluding steroid dienone is 2. The smallest absolute Gasteiger partial charge is 0.161 e. The molecule has 4 aromatic carbocycles. The van der Waals surface area contributed by atoms with Crippen LogP contribution < -0.4 is 28.4 Å². The Kier molecular flexibility index (Phi) is 17.7. The van der Waals surface area contributed by atoms with Gasteiger partial charge in [-0.05, 0) is 135 Å². The van der Waals surface area contributed by atoms with Gasteiger partial charge < -0.3 is 47.7 Å². The lowest BCUT2D eigenvalue weighted by Gasteiger charge is -2.10. The molecule has 0 atom stereocenters. The molecule has 2 N–H and O–H groups in total. The van der Waals surface area contributed by atoms with Crippen molar-refractivity contribution in [1.82, 2.24) is 10.3 Å². The number of hydrogen-bond acceptors (Lipinski definition) is 12. The van der Waals surface area contributed by atoms with Gasteiger partial charge in [-0.3, -0.25) is 0 Å². The summed E-state index contributed by atoms with van der Waals surface area (Å²) in [7, 11) is 6.27. The normalized spacial score (nSPS) is 11.1. The van der Waals surface area contributed by atoms with Gasteiger partial charge in [0.15, 0.2) is 57.5 Å². The van der Waals surface area contributed by atoms with Crippen molar-refractivity contribution >= 4 is 48.6 Å². The largest absolute Gasteiger partial charge is 0.504 e. The lowest BCUT2D eigenvalue weighted by molar-refractivity contribution is 0.325. The molecule has 0 unspecified atom stereocenters. The van der Waals surface area contributed by atoms with Crippen LogP contribution in [-0.4, -0.2) is 62.2 Å². The summed E-state index contributed by atoms with van der Waals surface area (Å²) in [6, 6.07) is 25.4. The Hall–Kier alpha value is -7.86. The van der Waals surface area contributed by atoms with Gasteiger partial charge in [-0.25, -0.2) is 0 Å². The van der Waals surface area contributed by atoms with Crippen LogP contribution >= 0.6 is 0 Å². The monoisotopic (exact) mass is 866 g/mol. The molecular weight excluding hydrogens is 813 g/mol. The van der Waals surface area contributed by atoms with Crippen molar-refractivity contribution in [2.75, 3.05) is 41.7 Å². The van der Waals surface area contributed by atoms with E-state index in [2.05, 4.69) is 10.3 Å². The number of phenols is 2. The molecule has 12 heteroatoms. The highest BCUT2D eigenvalue weighted by molar-refractivity contribution is 5.74. The number of hydrogen-bond donors (Lipinski definition) is 2. The number of aromatic nitrogens is 2. The number of ether oxygens (including phenoxy) is 6. The number of nitrogens with zero attached hydrogens (tertiary/aromatic N) is 2. The van der Waals surface area contributed by atoms with Gasteiger partial charge in [0.25, 0.3) is 0 Å². The molecule has 0 aliphatic carbocycles. The fourth-order valence-electron chi connectivity index (χ4n) is 5.65. The van der Waals surface area contributed by atoms with Gasteiger partial charge in [-0.2, -0.15) is 0 Å². The Morgan fingerprint density at radius 3 is 1.14 bits per heavy atom. The predicted molar refractivity (Wildman–Crippen MR) is 254 cm³/mol. The molecule has 0 aliphatic rings. The Balaban J connectivity index is 0.000000241. The van der Waals surface area contributed by atoms with Gasteiger partial charge in [0.1, 0.15) is 24.6 Å². The van der Waals surface area contributed by atoms with Crippen LogP contribution in [0.2, 0.25) is 0 Å². The van der Waals surface area contributed by atoms with Crippen molar-refractivity contribution in [3.8, 4) is 46.0 Å². The third-order valence-corrected chi connectivity index (χ3v) is 9.11. The summed E-state index contributed by atoms with van der Waals surface area (Å²) in [6.07, 6.45) is 18.9. The summed E-state index contributed by atoms with van der Waals surface area (Å²) < 4.78 is 43.4. The van der Waals surface area contributed by atoms with E-state index in [4.69, 9.17) is 37.5 Å². The molecule has 332 valence electrons. The third-order valence-electron chi connectivity index (χ3n) is 9.11. The maximum absolute atomic E-state index is 9.68. The Labute approximate surface area is 374 Å². The van der Waals surface area contributed by atoms with Crippen molar-refractivity contribution in [1.29, 1.82) is 0 Å². The Bertz CT molecular complexity index is 2450. The molecule has 2 heterocycles. The van der Waals surface area contributed by atoms with Crippen LogP contribution in [-0.2, 0) is 0 Å². The number of phenolic OH excluding ortho intramolecular Hbond substituents is 2. The minimum Gasteiger partial charge on any atom is -0.504 e. The second kappa shape index (κ2) is 24.0. The highest BCUT2D eigenvalue weighted by Gasteiger charge is 2.08. The van der Waals surface area contributed by atoms with Crippen molar-refractivity contribution in [3.05, 3.63) is 153 Å². The molecule has 0 bridgehead atoms. The van der Waals surface area contributed by atoms with Gasteiger partial charge in [-0.15, -0.1) is 0 Å². The topological polar surface area (TPSA) is 148 Å². The van der Waals surface area contributed by atoms with Crippen LogP contribution in [0.3, 0.4) is 0 Å². The quantitative estimate of drug-likeness (QED) is 0.0792. The molecule has 0 spiro atoms. The van der Waals surface area contributed by atoms with Gasteiger partial charge in [0.2, 0.25) is 0 Å². The first-order chi connectivity index (χ1) is 31.0. The van der Waals surface area contributed by atoms with Crippen molar-refractivity contribution in [2.24, 2.45) is 0 Å². The van der Waals surface area contributed by atoms with Gasteiger partial charge >= 0.3 is 0 Å². The van der Waals surface area contributed by atoms with E-state index >= 15 is 0 Å². The summed E-state index contributed by atoms with van der Waals surface area (Å²) in [4.78, 5) is 0. The van der Waals surface area contributed by atoms with E-state index in [9.17, 15) is 10.2 Å². The molecule has 0 saturated heterocycles. The minimum absolute atomic E-state index is 0.0980. The lowest BCUT2D eigenvalue weighted by Crippen LogP contribution is -1.97. The summed E-state index contributed by atoms with van der Waals surface area (Å²) in [5.41, 5.74) is 7.41. The van der Waals surface area contributed by atoms with Gasteiger partial charge in [0, 0.05) is 12.1 Å². The van der Waals surface area contributed by atoms with Crippen LogP contribution in [0, 0.1) is 0 Å². The fraction of sp³-hybridized carbons (Fsp3) is 0.192. The van der Waals surface area contributed by atoms with E-state index in [0.717, 1.165) is 22.3 Å². The molecule has 64 heavy (non-hydrogen) atoms. The maximum atomic E-state index is 9.68. The number of methoxy groups -OCH3 is 4. The molecular formula is C52H54N2O10. The standard InChI is InChI=1S/2C26H27NO5/c1-18(2)13-14-31-24-12-8-19(16-26(24)30-4)5-9-21-17-22(32-27-21)10-6-20-7-11-23(28)25(15-20)29-3;1-18(2)13-14-31-24-12-8-20(16-26(24)30-4)6-10-22-17-21(27-32-22)9-5-19-7-11-23(28)25(15-19)29-3/h2*5-13,15-17,28H,14H2,1-4H3/b2*9-5+,10-6+. The zero-order valence-corrected chi connectivity index (χ0v) is 37.3. The average Bonchev–Trinajstić information content (AvgIpc) is 3.97. The molecule has 0 fully saturated rings. The highest BCUT2D eigenvalue weighted by atomic mass is 16.5. The molecule has 0 saturated carbocycles. The van der Waals surface area contributed by atoms with E-state index in [1.165, 1.54) is 25.4 Å². The summed E-state index contributed by atoms with van der Waals surface area (Å²) >= 11 is 0. The molecule has 2 aromatic heterocycles. The van der Waals surface area contributed by atoms with E-state index < -0.39 is 0 Å². The average molecular weight is 867 g/mol. The number of aromatic hydroxyl groups is 2. The molecule has 0 radical (unpaired) electrons. The predicted octanol–water partition coefficient (Wildman–Crippen LogP) is 12.2. The number of benzene rings is 4. The van der Waals surface area contributed by atoms with Crippen molar-refractivity contribution < 1.29 is 47.7 Å². The van der Waals surface area contributed by atoms with E-state index in [0.29, 0.717) is 70.6 Å². The first-order valence-corrected chi connectivity index (χ1v) is 20.2. The first-order valence-electron chi connectivity index (χ1n) is 20.2. The second-order valence-corrected chi connectivity index (χ2v) is 14.5. The Morgan fingerprint density at radius 2 is 0.781 bits per heavy atom.